The van der Waals surface area contributed by atoms with Crippen LogP contribution < -0.4 is 15.4 Å². The maximum Gasteiger partial charge on any atom is 0.251 e. The Labute approximate surface area is 182 Å². The first-order valence-electron chi connectivity index (χ1n) is 10.3. The highest BCUT2D eigenvalue weighted by molar-refractivity contribution is 7.91. The molecule has 2 atom stereocenters. The predicted molar refractivity (Wildman–Crippen MR) is 118 cm³/mol. The molecular formula is C23H26N4O3S. The molecule has 0 amide bonds. The monoisotopic (exact) mass is 438 g/mol. The van der Waals surface area contributed by atoms with Crippen LogP contribution in [-0.4, -0.2) is 38.1 Å². The largest absolute Gasteiger partial charge is 0.496 e. The van der Waals surface area contributed by atoms with Gasteiger partial charge in [-0.05, 0) is 49.2 Å². The smallest absolute Gasteiger partial charge is 0.251 e. The highest BCUT2D eigenvalue weighted by Crippen LogP contribution is 2.27. The first kappa shape index (κ1) is 21.4. The minimum absolute atomic E-state index is 0.151. The number of hydrogen-bond donors (Lipinski definition) is 2. The zero-order valence-corrected chi connectivity index (χ0v) is 18.2. The molecule has 0 spiro atoms. The van der Waals surface area contributed by atoms with Gasteiger partial charge in [0.05, 0.1) is 12.0 Å². The maximum atomic E-state index is 12.9. The first-order valence-corrected chi connectivity index (χ1v) is 11.8. The van der Waals surface area contributed by atoms with Gasteiger partial charge in [0.25, 0.3) is 5.16 Å². The average molecular weight is 439 g/mol. The SMILES string of the molecule is COc1ccc(S(=O)(=O)c2ncccn2)cc1CN[C@H]1CCCN[C@@H]1c1ccccc1. The predicted octanol–water partition coefficient (Wildman–Crippen LogP) is 2.90. The topological polar surface area (TPSA) is 93.2 Å². The molecule has 1 fully saturated rings. The quantitative estimate of drug-likeness (QED) is 0.548. The first-order chi connectivity index (χ1) is 15.1. The van der Waals surface area contributed by atoms with Crippen molar-refractivity contribution in [3.8, 4) is 5.75 Å². The van der Waals surface area contributed by atoms with Gasteiger partial charge in [0.15, 0.2) is 0 Å². The third kappa shape index (κ3) is 4.76. The summed E-state index contributed by atoms with van der Waals surface area (Å²) in [5.74, 6) is 0.639. The molecule has 162 valence electrons. The van der Waals surface area contributed by atoms with E-state index in [1.807, 2.05) is 18.2 Å². The van der Waals surface area contributed by atoms with Gasteiger partial charge in [-0.2, -0.15) is 0 Å². The Hall–Kier alpha value is -2.81. The molecule has 1 saturated heterocycles. The summed E-state index contributed by atoms with van der Waals surface area (Å²) in [5, 5.41) is 7.00. The third-order valence-electron chi connectivity index (χ3n) is 5.52. The van der Waals surface area contributed by atoms with Crippen LogP contribution in [0.1, 0.15) is 30.0 Å². The number of rotatable bonds is 7. The van der Waals surface area contributed by atoms with E-state index in [9.17, 15) is 8.42 Å². The van der Waals surface area contributed by atoms with E-state index in [0.29, 0.717) is 12.3 Å². The third-order valence-corrected chi connectivity index (χ3v) is 7.08. The van der Waals surface area contributed by atoms with Crippen LogP contribution in [0, 0.1) is 0 Å². The van der Waals surface area contributed by atoms with Crippen molar-refractivity contribution in [1.82, 2.24) is 20.6 Å². The summed E-state index contributed by atoms with van der Waals surface area (Å²) in [6, 6.07) is 17.2. The number of piperidine rings is 1. The van der Waals surface area contributed by atoms with Gasteiger partial charge in [-0.15, -0.1) is 0 Å². The number of methoxy groups -OCH3 is 1. The van der Waals surface area contributed by atoms with Crippen molar-refractivity contribution in [2.75, 3.05) is 13.7 Å². The van der Waals surface area contributed by atoms with Gasteiger partial charge in [0.2, 0.25) is 9.84 Å². The van der Waals surface area contributed by atoms with E-state index in [2.05, 4.69) is 32.7 Å². The summed E-state index contributed by atoms with van der Waals surface area (Å²) in [4.78, 5) is 7.97. The fraction of sp³-hybridized carbons (Fsp3) is 0.304. The van der Waals surface area contributed by atoms with Crippen molar-refractivity contribution in [2.24, 2.45) is 0 Å². The Morgan fingerprint density at radius 3 is 2.61 bits per heavy atom. The van der Waals surface area contributed by atoms with E-state index in [1.54, 1.807) is 25.3 Å². The summed E-state index contributed by atoms with van der Waals surface area (Å²) in [6.45, 7) is 1.46. The molecule has 2 N–H and O–H groups in total. The number of hydrogen-bond acceptors (Lipinski definition) is 7. The molecule has 0 radical (unpaired) electrons. The molecule has 7 nitrogen and oxygen atoms in total. The number of nitrogens with one attached hydrogen (secondary N) is 2. The van der Waals surface area contributed by atoms with E-state index in [1.165, 1.54) is 24.0 Å². The Morgan fingerprint density at radius 1 is 1.10 bits per heavy atom. The van der Waals surface area contributed by atoms with Crippen LogP contribution in [0.15, 0.2) is 77.0 Å². The van der Waals surface area contributed by atoms with Crippen LogP contribution in [0.5, 0.6) is 5.75 Å². The number of nitrogens with zero attached hydrogens (tertiary/aromatic N) is 2. The van der Waals surface area contributed by atoms with E-state index in [0.717, 1.165) is 24.9 Å². The Morgan fingerprint density at radius 2 is 1.87 bits per heavy atom. The van der Waals surface area contributed by atoms with Crippen LogP contribution in [0.3, 0.4) is 0 Å². The van der Waals surface area contributed by atoms with Gasteiger partial charge in [-0.25, -0.2) is 18.4 Å². The molecule has 31 heavy (non-hydrogen) atoms. The van der Waals surface area contributed by atoms with E-state index in [4.69, 9.17) is 4.74 Å². The average Bonchev–Trinajstić information content (AvgIpc) is 2.84. The molecule has 3 aromatic rings. The molecule has 0 unspecified atom stereocenters. The molecular weight excluding hydrogens is 412 g/mol. The van der Waals surface area contributed by atoms with Crippen LogP contribution >= 0.6 is 0 Å². The Balaban J connectivity index is 1.57. The zero-order valence-electron chi connectivity index (χ0n) is 17.4. The summed E-state index contributed by atoms with van der Waals surface area (Å²) >= 11 is 0. The zero-order chi connectivity index (χ0) is 21.7. The van der Waals surface area contributed by atoms with Crippen LogP contribution in [0.2, 0.25) is 0 Å². The number of aromatic nitrogens is 2. The van der Waals surface area contributed by atoms with Crippen molar-refractivity contribution in [2.45, 2.75) is 41.5 Å². The number of sulfone groups is 1. The Kier molecular flexibility index (Phi) is 6.60. The van der Waals surface area contributed by atoms with Gasteiger partial charge in [-0.3, -0.25) is 0 Å². The summed E-state index contributed by atoms with van der Waals surface area (Å²) in [6.07, 6.45) is 4.96. The molecule has 0 aliphatic carbocycles. The molecule has 0 bridgehead atoms. The lowest BCUT2D eigenvalue weighted by molar-refractivity contribution is 0.302. The normalized spacial score (nSPS) is 19.1. The van der Waals surface area contributed by atoms with E-state index < -0.39 is 9.84 Å². The minimum Gasteiger partial charge on any atom is -0.496 e. The molecule has 2 heterocycles. The lowest BCUT2D eigenvalue weighted by Crippen LogP contribution is -2.45. The van der Waals surface area contributed by atoms with Gasteiger partial charge in [-0.1, -0.05) is 30.3 Å². The lowest BCUT2D eigenvalue weighted by atomic mass is 9.92. The molecule has 2 aromatic carbocycles. The number of ether oxygens (including phenoxy) is 1. The van der Waals surface area contributed by atoms with Gasteiger partial charge < -0.3 is 15.4 Å². The van der Waals surface area contributed by atoms with Crippen molar-refractivity contribution in [1.29, 1.82) is 0 Å². The molecule has 1 aromatic heterocycles. The van der Waals surface area contributed by atoms with Crippen LogP contribution in [-0.2, 0) is 16.4 Å². The van der Waals surface area contributed by atoms with Crippen LogP contribution in [0.25, 0.3) is 0 Å². The van der Waals surface area contributed by atoms with Crippen LogP contribution in [0.4, 0.5) is 0 Å². The molecule has 8 heteroatoms. The van der Waals surface area contributed by atoms with Crippen molar-refractivity contribution in [3.63, 3.8) is 0 Å². The fourth-order valence-corrected chi connectivity index (χ4v) is 5.10. The maximum absolute atomic E-state index is 12.9. The fourth-order valence-electron chi connectivity index (χ4n) is 3.95. The molecule has 4 rings (SSSR count). The molecule has 1 aliphatic heterocycles. The van der Waals surface area contributed by atoms with Gasteiger partial charge in [0, 0.05) is 36.6 Å². The van der Waals surface area contributed by atoms with Gasteiger partial charge >= 0.3 is 0 Å². The highest BCUT2D eigenvalue weighted by Gasteiger charge is 2.26. The summed E-state index contributed by atoms with van der Waals surface area (Å²) in [5.41, 5.74) is 2.01. The Bertz CT molecular complexity index is 1110. The van der Waals surface area contributed by atoms with Crippen molar-refractivity contribution in [3.05, 3.63) is 78.1 Å². The second-order valence-electron chi connectivity index (χ2n) is 7.48. The minimum atomic E-state index is -3.80. The standard InChI is InChI=1S/C23H26N4O3S/c1-30-21-11-10-19(31(28,29)23-25-13-6-14-26-23)15-18(21)16-27-20-9-5-12-24-22(20)17-7-3-2-4-8-17/h2-4,6-8,10-11,13-15,20,22,24,27H,5,9,12,16H2,1H3/t20-,22+/m0/s1. The van der Waals surface area contributed by atoms with E-state index in [-0.39, 0.29) is 22.1 Å². The van der Waals surface area contributed by atoms with Gasteiger partial charge in [0.1, 0.15) is 5.75 Å². The van der Waals surface area contributed by atoms with Crippen molar-refractivity contribution < 1.29 is 13.2 Å². The summed E-state index contributed by atoms with van der Waals surface area (Å²) < 4.78 is 31.4. The van der Waals surface area contributed by atoms with E-state index >= 15 is 0 Å². The molecule has 0 saturated carbocycles. The highest BCUT2D eigenvalue weighted by atomic mass is 32.2. The second-order valence-corrected chi connectivity index (χ2v) is 9.32. The second kappa shape index (κ2) is 9.55. The number of benzene rings is 2. The molecule has 1 aliphatic rings. The van der Waals surface area contributed by atoms with Crippen molar-refractivity contribution >= 4 is 9.84 Å². The summed E-state index contributed by atoms with van der Waals surface area (Å²) in [7, 11) is -2.22. The lowest BCUT2D eigenvalue weighted by Gasteiger charge is -2.34.